The van der Waals surface area contributed by atoms with Crippen LogP contribution in [0.2, 0.25) is 0 Å². The third-order valence-corrected chi connectivity index (χ3v) is 5.45. The molecule has 172 valence electrons. The normalized spacial score (nSPS) is 13.5. The molecule has 1 aliphatic rings. The SMILES string of the molecule is Cc1cc(N2CCOCC2)nc(Nc2ccc(NC(=O)c3cccc(-n4cccn4)c3)cc2)n1. The van der Waals surface area contributed by atoms with Gasteiger partial charge in [-0.1, -0.05) is 6.07 Å². The van der Waals surface area contributed by atoms with Crippen molar-refractivity contribution < 1.29 is 9.53 Å². The summed E-state index contributed by atoms with van der Waals surface area (Å²) in [6, 6.07) is 18.6. The monoisotopic (exact) mass is 455 g/mol. The summed E-state index contributed by atoms with van der Waals surface area (Å²) < 4.78 is 7.15. The molecule has 0 bridgehead atoms. The first-order valence-electron chi connectivity index (χ1n) is 11.1. The summed E-state index contributed by atoms with van der Waals surface area (Å²) in [5, 5.41) is 10.4. The zero-order valence-corrected chi connectivity index (χ0v) is 18.8. The maximum Gasteiger partial charge on any atom is 0.255 e. The standard InChI is InChI=1S/C25H25N7O2/c1-18-16-23(31-12-14-34-15-13-31)30-25(27-18)29-21-8-6-20(7-9-21)28-24(33)19-4-2-5-22(17-19)32-11-3-10-26-32/h2-11,16-17H,12-15H2,1H3,(H,28,33)(H,27,29,30). The van der Waals surface area contributed by atoms with Crippen LogP contribution < -0.4 is 15.5 Å². The van der Waals surface area contributed by atoms with E-state index in [9.17, 15) is 4.79 Å². The second-order valence-corrected chi connectivity index (χ2v) is 7.95. The molecule has 2 N–H and O–H groups in total. The average Bonchev–Trinajstić information content (AvgIpc) is 3.41. The van der Waals surface area contributed by atoms with Crippen molar-refractivity contribution in [3.63, 3.8) is 0 Å². The Labute approximate surface area is 197 Å². The van der Waals surface area contributed by atoms with Gasteiger partial charge in [-0.15, -0.1) is 0 Å². The Morgan fingerprint density at radius 2 is 1.76 bits per heavy atom. The molecular weight excluding hydrogens is 430 g/mol. The quantitative estimate of drug-likeness (QED) is 0.456. The summed E-state index contributed by atoms with van der Waals surface area (Å²) >= 11 is 0. The summed E-state index contributed by atoms with van der Waals surface area (Å²) in [7, 11) is 0. The summed E-state index contributed by atoms with van der Waals surface area (Å²) in [5.74, 6) is 1.24. The van der Waals surface area contributed by atoms with E-state index in [2.05, 4.69) is 30.6 Å². The molecule has 0 radical (unpaired) electrons. The Bertz CT molecular complexity index is 1270. The third kappa shape index (κ3) is 5.05. The van der Waals surface area contributed by atoms with Crippen molar-refractivity contribution in [1.29, 1.82) is 0 Å². The molecular formula is C25H25N7O2. The predicted molar refractivity (Wildman–Crippen MR) is 131 cm³/mol. The molecule has 9 heteroatoms. The number of carbonyl (C=O) groups excluding carboxylic acids is 1. The highest BCUT2D eigenvalue weighted by atomic mass is 16.5. The maximum absolute atomic E-state index is 12.7. The molecule has 2 aromatic carbocycles. The van der Waals surface area contributed by atoms with Crippen LogP contribution in [0, 0.1) is 6.92 Å². The van der Waals surface area contributed by atoms with Gasteiger partial charge in [-0.25, -0.2) is 9.67 Å². The summed E-state index contributed by atoms with van der Waals surface area (Å²) in [5.41, 5.74) is 3.79. The fourth-order valence-corrected chi connectivity index (χ4v) is 3.74. The Balaban J connectivity index is 1.25. The van der Waals surface area contributed by atoms with E-state index in [0.717, 1.165) is 36.0 Å². The van der Waals surface area contributed by atoms with Crippen LogP contribution in [-0.2, 0) is 4.74 Å². The molecule has 0 saturated carbocycles. The lowest BCUT2D eigenvalue weighted by molar-refractivity contribution is 0.102. The van der Waals surface area contributed by atoms with Crippen molar-refractivity contribution in [2.75, 3.05) is 41.8 Å². The molecule has 1 amide bonds. The number of rotatable bonds is 6. The number of nitrogens with one attached hydrogen (secondary N) is 2. The van der Waals surface area contributed by atoms with E-state index in [1.165, 1.54) is 0 Å². The summed E-state index contributed by atoms with van der Waals surface area (Å²) in [6.07, 6.45) is 3.54. The number of nitrogens with zero attached hydrogens (tertiary/aromatic N) is 5. The van der Waals surface area contributed by atoms with Crippen LogP contribution in [0.15, 0.2) is 73.1 Å². The van der Waals surface area contributed by atoms with Crippen molar-refractivity contribution in [3.05, 3.63) is 84.3 Å². The van der Waals surface area contributed by atoms with E-state index in [4.69, 9.17) is 4.74 Å². The lowest BCUT2D eigenvalue weighted by Crippen LogP contribution is -2.36. The van der Waals surface area contributed by atoms with Gasteiger partial charge in [0.05, 0.1) is 18.9 Å². The van der Waals surface area contributed by atoms with Crippen LogP contribution in [0.5, 0.6) is 0 Å². The van der Waals surface area contributed by atoms with Gasteiger partial charge in [0.1, 0.15) is 5.82 Å². The Hall–Kier alpha value is -4.24. The molecule has 1 aliphatic heterocycles. The van der Waals surface area contributed by atoms with Crippen LogP contribution in [0.3, 0.4) is 0 Å². The zero-order valence-electron chi connectivity index (χ0n) is 18.8. The fourth-order valence-electron chi connectivity index (χ4n) is 3.74. The van der Waals surface area contributed by atoms with Gasteiger partial charge in [0, 0.05) is 54.2 Å². The van der Waals surface area contributed by atoms with Crippen LogP contribution >= 0.6 is 0 Å². The molecule has 1 fully saturated rings. The lowest BCUT2D eigenvalue weighted by Gasteiger charge is -2.28. The van der Waals surface area contributed by atoms with Crippen LogP contribution in [-0.4, -0.2) is 52.0 Å². The van der Waals surface area contributed by atoms with E-state index in [-0.39, 0.29) is 5.91 Å². The minimum Gasteiger partial charge on any atom is -0.378 e. The number of ether oxygens (including phenoxy) is 1. The predicted octanol–water partition coefficient (Wildman–Crippen LogP) is 3.80. The van der Waals surface area contributed by atoms with Crippen LogP contribution in [0.1, 0.15) is 16.1 Å². The van der Waals surface area contributed by atoms with Gasteiger partial charge in [0.2, 0.25) is 5.95 Å². The highest BCUT2D eigenvalue weighted by molar-refractivity contribution is 6.04. The lowest BCUT2D eigenvalue weighted by atomic mass is 10.2. The molecule has 2 aromatic heterocycles. The molecule has 34 heavy (non-hydrogen) atoms. The van der Waals surface area contributed by atoms with Gasteiger partial charge >= 0.3 is 0 Å². The highest BCUT2D eigenvalue weighted by Crippen LogP contribution is 2.21. The van der Waals surface area contributed by atoms with Crippen LogP contribution in [0.25, 0.3) is 5.69 Å². The first-order chi connectivity index (χ1) is 16.6. The minimum absolute atomic E-state index is 0.188. The number of anilines is 4. The molecule has 0 aliphatic carbocycles. The van der Waals surface area contributed by atoms with Crippen molar-refractivity contribution in [3.8, 4) is 5.69 Å². The van der Waals surface area contributed by atoms with Crippen molar-refractivity contribution in [2.24, 2.45) is 0 Å². The Morgan fingerprint density at radius 3 is 2.53 bits per heavy atom. The Morgan fingerprint density at radius 1 is 0.971 bits per heavy atom. The van der Waals surface area contributed by atoms with Gasteiger partial charge in [-0.05, 0) is 55.5 Å². The second kappa shape index (κ2) is 9.72. The number of aromatic nitrogens is 4. The highest BCUT2D eigenvalue weighted by Gasteiger charge is 2.14. The van der Waals surface area contributed by atoms with Crippen molar-refractivity contribution >= 4 is 29.0 Å². The summed E-state index contributed by atoms with van der Waals surface area (Å²) in [6.45, 7) is 4.99. The van der Waals surface area contributed by atoms with Gasteiger partial charge in [0.15, 0.2) is 0 Å². The molecule has 0 atom stereocenters. The minimum atomic E-state index is -0.188. The van der Waals surface area contributed by atoms with Gasteiger partial charge in [0.25, 0.3) is 5.91 Å². The zero-order chi connectivity index (χ0) is 23.3. The van der Waals surface area contributed by atoms with Crippen molar-refractivity contribution in [2.45, 2.75) is 6.92 Å². The number of carbonyl (C=O) groups is 1. The second-order valence-electron chi connectivity index (χ2n) is 7.95. The van der Waals surface area contributed by atoms with Gasteiger partial charge < -0.3 is 20.3 Å². The maximum atomic E-state index is 12.7. The smallest absolute Gasteiger partial charge is 0.255 e. The van der Waals surface area contributed by atoms with E-state index in [1.807, 2.05) is 61.7 Å². The first kappa shape index (κ1) is 21.6. The third-order valence-electron chi connectivity index (χ3n) is 5.45. The van der Waals surface area contributed by atoms with E-state index in [1.54, 1.807) is 23.0 Å². The molecule has 4 aromatic rings. The topological polar surface area (TPSA) is 97.2 Å². The molecule has 9 nitrogen and oxygen atoms in total. The van der Waals surface area contributed by atoms with E-state index >= 15 is 0 Å². The molecule has 0 spiro atoms. The number of hydrogen-bond donors (Lipinski definition) is 2. The number of benzene rings is 2. The number of hydrogen-bond acceptors (Lipinski definition) is 7. The van der Waals surface area contributed by atoms with Crippen molar-refractivity contribution in [1.82, 2.24) is 19.7 Å². The fraction of sp³-hybridized carbons (Fsp3) is 0.200. The Kier molecular flexibility index (Phi) is 6.17. The molecule has 3 heterocycles. The van der Waals surface area contributed by atoms with Crippen LogP contribution in [0.4, 0.5) is 23.1 Å². The number of aryl methyl sites for hydroxylation is 1. The largest absolute Gasteiger partial charge is 0.378 e. The molecule has 5 rings (SSSR count). The van der Waals surface area contributed by atoms with Gasteiger partial charge in [-0.2, -0.15) is 10.1 Å². The van der Waals surface area contributed by atoms with E-state index < -0.39 is 0 Å². The van der Waals surface area contributed by atoms with Gasteiger partial charge in [-0.3, -0.25) is 4.79 Å². The molecule has 1 saturated heterocycles. The summed E-state index contributed by atoms with van der Waals surface area (Å²) in [4.78, 5) is 24.1. The number of amides is 1. The average molecular weight is 456 g/mol. The number of morpholine rings is 1. The first-order valence-corrected chi connectivity index (χ1v) is 11.1. The van der Waals surface area contributed by atoms with E-state index in [0.29, 0.717) is 30.4 Å². The molecule has 0 unspecified atom stereocenters.